The van der Waals surface area contributed by atoms with E-state index >= 15 is 0 Å². The van der Waals surface area contributed by atoms with Crippen LogP contribution in [0.5, 0.6) is 11.5 Å². The maximum Gasteiger partial charge on any atom is 0.176 e. The van der Waals surface area contributed by atoms with Crippen LogP contribution in [0.4, 0.5) is 0 Å². The summed E-state index contributed by atoms with van der Waals surface area (Å²) < 4.78 is 12.8. The number of ether oxygens (including phenoxy) is 2. The molecule has 104 valence electrons. The monoisotopic (exact) mass is 381 g/mol. The molecule has 0 atom stereocenters. The Hall–Kier alpha value is -1.56. The number of pyridine rings is 1. The lowest BCUT2D eigenvalue weighted by Gasteiger charge is -2.10. The molecule has 0 fully saturated rings. The van der Waals surface area contributed by atoms with Crippen LogP contribution in [-0.2, 0) is 7.05 Å². The number of aryl methyl sites for hydroxylation is 1. The predicted molar refractivity (Wildman–Crippen MR) is 75.7 cm³/mol. The van der Waals surface area contributed by atoms with Crippen LogP contribution in [0.15, 0.2) is 42.7 Å². The molecular weight excluding hydrogens is 365 g/mol. The van der Waals surface area contributed by atoms with E-state index in [-0.39, 0.29) is 24.0 Å². The van der Waals surface area contributed by atoms with Crippen molar-refractivity contribution in [1.29, 1.82) is 0 Å². The lowest BCUT2D eigenvalue weighted by Crippen LogP contribution is -3.00. The molecule has 0 bridgehead atoms. The second-order valence-electron chi connectivity index (χ2n) is 4.61. The van der Waals surface area contributed by atoms with E-state index in [0.29, 0.717) is 0 Å². The van der Waals surface area contributed by atoms with Gasteiger partial charge in [0.2, 0.25) is 0 Å². The third-order valence-electron chi connectivity index (χ3n) is 3.42. The quantitative estimate of drug-likeness (QED) is 0.350. The van der Waals surface area contributed by atoms with Crippen LogP contribution in [-0.4, -0.2) is 14.2 Å². The minimum absolute atomic E-state index is 0. The van der Waals surface area contributed by atoms with Gasteiger partial charge in [0.25, 0.3) is 0 Å². The number of benzene rings is 2. The molecule has 3 nitrogen and oxygen atoms in total. The average molecular weight is 381 g/mol. The SMILES string of the molecule is COc1cc2ccc3c[n+](C)ccc3c2cc1OC.[I-]. The van der Waals surface area contributed by atoms with Gasteiger partial charge < -0.3 is 33.5 Å². The second kappa shape index (κ2) is 5.83. The number of rotatable bonds is 2. The minimum Gasteiger partial charge on any atom is -1.00 e. The van der Waals surface area contributed by atoms with Crippen molar-refractivity contribution in [3.63, 3.8) is 0 Å². The Balaban J connectivity index is 0.00000147. The Kier molecular flexibility index (Phi) is 4.32. The average Bonchev–Trinajstić information content (AvgIpc) is 2.45. The second-order valence-corrected chi connectivity index (χ2v) is 4.61. The van der Waals surface area contributed by atoms with Gasteiger partial charge in [-0.2, -0.15) is 0 Å². The summed E-state index contributed by atoms with van der Waals surface area (Å²) in [7, 11) is 5.35. The number of hydrogen-bond donors (Lipinski definition) is 0. The van der Waals surface area contributed by atoms with Gasteiger partial charge in [0.15, 0.2) is 23.9 Å². The van der Waals surface area contributed by atoms with E-state index in [1.807, 2.05) is 19.2 Å². The van der Waals surface area contributed by atoms with E-state index in [0.717, 1.165) is 16.9 Å². The lowest BCUT2D eigenvalue weighted by molar-refractivity contribution is -0.670. The van der Waals surface area contributed by atoms with Crippen molar-refractivity contribution in [3.05, 3.63) is 42.7 Å². The van der Waals surface area contributed by atoms with E-state index in [9.17, 15) is 0 Å². The van der Waals surface area contributed by atoms with E-state index in [1.54, 1.807) is 14.2 Å². The largest absolute Gasteiger partial charge is 1.00 e. The molecule has 0 N–H and O–H groups in total. The zero-order valence-electron chi connectivity index (χ0n) is 11.7. The third-order valence-corrected chi connectivity index (χ3v) is 3.42. The number of fused-ring (bicyclic) bond motifs is 3. The van der Waals surface area contributed by atoms with Gasteiger partial charge >= 0.3 is 0 Å². The van der Waals surface area contributed by atoms with Gasteiger partial charge in [-0.25, -0.2) is 4.57 Å². The summed E-state index contributed by atoms with van der Waals surface area (Å²) in [5.74, 6) is 1.52. The summed E-state index contributed by atoms with van der Waals surface area (Å²) in [6.07, 6.45) is 4.17. The zero-order valence-corrected chi connectivity index (χ0v) is 13.8. The summed E-state index contributed by atoms with van der Waals surface area (Å²) in [6.45, 7) is 0. The zero-order chi connectivity index (χ0) is 13.4. The van der Waals surface area contributed by atoms with Crippen LogP contribution < -0.4 is 38.0 Å². The van der Waals surface area contributed by atoms with E-state index in [4.69, 9.17) is 9.47 Å². The van der Waals surface area contributed by atoms with Crippen LogP contribution in [0.3, 0.4) is 0 Å². The van der Waals surface area contributed by atoms with Crippen LogP contribution >= 0.6 is 0 Å². The fourth-order valence-electron chi connectivity index (χ4n) is 2.44. The Morgan fingerprint density at radius 2 is 1.50 bits per heavy atom. The number of halogens is 1. The minimum atomic E-state index is 0. The fraction of sp³-hybridized carbons (Fsp3) is 0.188. The summed E-state index contributed by atoms with van der Waals surface area (Å²) in [6, 6.07) is 10.4. The van der Waals surface area contributed by atoms with Crippen LogP contribution in [0, 0.1) is 0 Å². The van der Waals surface area contributed by atoms with Gasteiger partial charge in [-0.15, -0.1) is 0 Å². The van der Waals surface area contributed by atoms with Crippen LogP contribution in [0.1, 0.15) is 0 Å². The van der Waals surface area contributed by atoms with Crippen molar-refractivity contribution in [3.8, 4) is 11.5 Å². The normalized spacial score (nSPS) is 10.3. The summed E-state index contributed by atoms with van der Waals surface area (Å²) in [5.41, 5.74) is 0. The first-order valence-corrected chi connectivity index (χ1v) is 6.16. The van der Waals surface area contributed by atoms with Crippen LogP contribution in [0.25, 0.3) is 21.5 Å². The molecule has 0 spiro atoms. The van der Waals surface area contributed by atoms with Gasteiger partial charge in [-0.3, -0.25) is 0 Å². The van der Waals surface area contributed by atoms with Crippen molar-refractivity contribution in [2.75, 3.05) is 14.2 Å². The van der Waals surface area contributed by atoms with Gasteiger partial charge in [0, 0.05) is 16.8 Å². The number of aromatic nitrogens is 1. The fourth-order valence-corrected chi connectivity index (χ4v) is 2.44. The molecule has 0 aliphatic rings. The molecule has 2 aromatic carbocycles. The molecular formula is C16H16INO2. The number of methoxy groups -OCH3 is 2. The molecule has 0 aliphatic carbocycles. The lowest BCUT2D eigenvalue weighted by atomic mass is 10.0. The molecule has 0 radical (unpaired) electrons. The summed E-state index contributed by atoms with van der Waals surface area (Å²) in [5, 5.41) is 4.76. The standard InChI is InChI=1S/C16H16NO2.HI/c1-17-7-6-13-12(10-17)5-4-11-8-15(18-2)16(19-3)9-14(11)13;/h4-10H,1-3H3;1H/q+1;/p-1. The molecule has 0 amide bonds. The first kappa shape index (κ1) is 14.8. The molecule has 0 saturated carbocycles. The molecule has 20 heavy (non-hydrogen) atoms. The maximum atomic E-state index is 5.39. The van der Waals surface area contributed by atoms with Crippen LogP contribution in [0.2, 0.25) is 0 Å². The van der Waals surface area contributed by atoms with Gasteiger partial charge in [-0.05, 0) is 29.0 Å². The highest BCUT2D eigenvalue weighted by atomic mass is 127. The highest BCUT2D eigenvalue weighted by Gasteiger charge is 2.09. The Bertz CT molecular complexity index is 771. The Labute approximate surface area is 135 Å². The van der Waals surface area contributed by atoms with Gasteiger partial charge in [0.05, 0.1) is 14.2 Å². The highest BCUT2D eigenvalue weighted by molar-refractivity contribution is 6.07. The maximum absolute atomic E-state index is 5.39. The number of hydrogen-bond acceptors (Lipinski definition) is 2. The van der Waals surface area contributed by atoms with Crippen molar-refractivity contribution in [2.45, 2.75) is 0 Å². The third kappa shape index (κ3) is 2.40. The molecule has 3 rings (SSSR count). The first-order chi connectivity index (χ1) is 9.22. The van der Waals surface area contributed by atoms with Gasteiger partial charge in [0.1, 0.15) is 7.05 Å². The van der Waals surface area contributed by atoms with Crippen molar-refractivity contribution in [2.24, 2.45) is 7.05 Å². The van der Waals surface area contributed by atoms with E-state index in [1.165, 1.54) is 16.2 Å². The molecule has 1 aromatic heterocycles. The van der Waals surface area contributed by atoms with E-state index < -0.39 is 0 Å². The summed E-state index contributed by atoms with van der Waals surface area (Å²) >= 11 is 0. The molecule has 1 heterocycles. The molecule has 0 saturated heterocycles. The molecule has 0 unspecified atom stereocenters. The van der Waals surface area contributed by atoms with E-state index in [2.05, 4.69) is 35.2 Å². The Morgan fingerprint density at radius 3 is 2.20 bits per heavy atom. The smallest absolute Gasteiger partial charge is 0.176 e. The molecule has 3 aromatic rings. The van der Waals surface area contributed by atoms with Crippen molar-refractivity contribution >= 4 is 21.5 Å². The van der Waals surface area contributed by atoms with Crippen molar-refractivity contribution < 1.29 is 38.0 Å². The first-order valence-electron chi connectivity index (χ1n) is 6.16. The summed E-state index contributed by atoms with van der Waals surface area (Å²) in [4.78, 5) is 0. The molecule has 4 heteroatoms. The highest BCUT2D eigenvalue weighted by Crippen LogP contribution is 2.35. The Morgan fingerprint density at radius 1 is 0.850 bits per heavy atom. The molecule has 0 aliphatic heterocycles. The number of nitrogens with zero attached hydrogens (tertiary/aromatic N) is 1. The topological polar surface area (TPSA) is 22.3 Å². The van der Waals surface area contributed by atoms with Gasteiger partial charge in [-0.1, -0.05) is 6.07 Å². The predicted octanol–water partition coefficient (Wildman–Crippen LogP) is -0.161. The van der Waals surface area contributed by atoms with Crippen molar-refractivity contribution in [1.82, 2.24) is 0 Å².